The summed E-state index contributed by atoms with van der Waals surface area (Å²) in [7, 11) is -3.31. The van der Waals surface area contributed by atoms with Gasteiger partial charge in [-0.05, 0) is 17.5 Å². The summed E-state index contributed by atoms with van der Waals surface area (Å²) >= 11 is 0. The van der Waals surface area contributed by atoms with Crippen molar-refractivity contribution in [3.05, 3.63) is 29.8 Å². The summed E-state index contributed by atoms with van der Waals surface area (Å²) in [6.45, 7) is 1.71. The molecule has 1 rings (SSSR count). The minimum Gasteiger partial charge on any atom is -0.481 e. The first-order valence-corrected chi connectivity index (χ1v) is 6.72. The van der Waals surface area contributed by atoms with Crippen molar-refractivity contribution < 1.29 is 18.3 Å². The van der Waals surface area contributed by atoms with E-state index in [1.165, 1.54) is 6.07 Å². The molecule has 1 aromatic carbocycles. The van der Waals surface area contributed by atoms with Gasteiger partial charge in [-0.3, -0.25) is 4.79 Å². The van der Waals surface area contributed by atoms with Crippen LogP contribution < -0.4 is 0 Å². The predicted octanol–water partition coefficient (Wildman–Crippen LogP) is 1.67. The summed E-state index contributed by atoms with van der Waals surface area (Å²) in [6, 6.07) is 6.50. The molecule has 88 valence electrons. The molecule has 0 aliphatic heterocycles. The highest BCUT2D eigenvalue weighted by Gasteiger charge is 2.18. The number of sulfone groups is 1. The molecule has 0 aliphatic carbocycles. The number of rotatable bonds is 4. The fourth-order valence-corrected chi connectivity index (χ4v) is 2.62. The standard InChI is InChI=1S/C11H14O4S/c1-8(7-11(12)13)9-5-3-4-6-10(9)16(2,14)15/h3-6,8H,7H2,1-2H3,(H,12,13). The van der Waals surface area contributed by atoms with Crippen molar-refractivity contribution in [3.63, 3.8) is 0 Å². The molecular formula is C11H14O4S. The maximum atomic E-state index is 11.5. The number of carboxylic acids is 1. The molecule has 1 N–H and O–H groups in total. The van der Waals surface area contributed by atoms with Gasteiger partial charge in [-0.1, -0.05) is 25.1 Å². The fourth-order valence-electron chi connectivity index (χ4n) is 1.60. The highest BCUT2D eigenvalue weighted by Crippen LogP contribution is 2.26. The summed E-state index contributed by atoms with van der Waals surface area (Å²) in [5.41, 5.74) is 0.562. The first-order valence-electron chi connectivity index (χ1n) is 4.83. The Bertz CT molecular complexity index is 490. The van der Waals surface area contributed by atoms with Gasteiger partial charge >= 0.3 is 5.97 Å². The zero-order valence-corrected chi connectivity index (χ0v) is 9.99. The van der Waals surface area contributed by atoms with Gasteiger partial charge in [0, 0.05) is 6.26 Å². The van der Waals surface area contributed by atoms with Crippen molar-refractivity contribution in [3.8, 4) is 0 Å². The second kappa shape index (κ2) is 4.65. The van der Waals surface area contributed by atoms with E-state index < -0.39 is 15.8 Å². The van der Waals surface area contributed by atoms with Crippen LogP contribution in [0.15, 0.2) is 29.2 Å². The number of carbonyl (C=O) groups is 1. The Morgan fingerprint density at radius 2 is 1.94 bits per heavy atom. The molecule has 0 radical (unpaired) electrons. The largest absolute Gasteiger partial charge is 0.481 e. The molecule has 0 aromatic heterocycles. The molecule has 0 amide bonds. The summed E-state index contributed by atoms with van der Waals surface area (Å²) < 4.78 is 23.0. The highest BCUT2D eigenvalue weighted by atomic mass is 32.2. The molecule has 0 bridgehead atoms. The number of hydrogen-bond acceptors (Lipinski definition) is 3. The smallest absolute Gasteiger partial charge is 0.303 e. The van der Waals surface area contributed by atoms with Crippen LogP contribution in [-0.4, -0.2) is 25.7 Å². The van der Waals surface area contributed by atoms with Gasteiger partial charge in [0.05, 0.1) is 11.3 Å². The normalized spacial score (nSPS) is 13.4. The van der Waals surface area contributed by atoms with Gasteiger partial charge in [-0.2, -0.15) is 0 Å². The molecule has 0 heterocycles. The first kappa shape index (κ1) is 12.7. The minimum absolute atomic E-state index is 0.0769. The van der Waals surface area contributed by atoms with Crippen molar-refractivity contribution >= 4 is 15.8 Å². The Kier molecular flexibility index (Phi) is 3.70. The molecule has 16 heavy (non-hydrogen) atoms. The monoisotopic (exact) mass is 242 g/mol. The molecule has 1 atom stereocenters. The molecule has 4 nitrogen and oxygen atoms in total. The van der Waals surface area contributed by atoms with Crippen LogP contribution in [-0.2, 0) is 14.6 Å². The van der Waals surface area contributed by atoms with Crippen molar-refractivity contribution in [1.82, 2.24) is 0 Å². The number of carboxylic acid groups (broad SMARTS) is 1. The van der Waals surface area contributed by atoms with Crippen LogP contribution in [0.25, 0.3) is 0 Å². The van der Waals surface area contributed by atoms with Gasteiger partial charge in [0.25, 0.3) is 0 Å². The molecule has 0 spiro atoms. The van der Waals surface area contributed by atoms with Crippen LogP contribution in [0.5, 0.6) is 0 Å². The van der Waals surface area contributed by atoms with Crippen molar-refractivity contribution in [2.24, 2.45) is 0 Å². The van der Waals surface area contributed by atoms with E-state index in [1.54, 1.807) is 25.1 Å². The number of aliphatic carboxylic acids is 1. The van der Waals surface area contributed by atoms with E-state index in [0.717, 1.165) is 6.26 Å². The highest BCUT2D eigenvalue weighted by molar-refractivity contribution is 7.90. The van der Waals surface area contributed by atoms with Crippen LogP contribution in [0.2, 0.25) is 0 Å². The molecule has 0 fully saturated rings. The predicted molar refractivity (Wildman–Crippen MR) is 60.2 cm³/mol. The van der Waals surface area contributed by atoms with Gasteiger partial charge in [0.1, 0.15) is 0 Å². The summed E-state index contributed by atoms with van der Waals surface area (Å²) in [6.07, 6.45) is 1.05. The van der Waals surface area contributed by atoms with E-state index in [1.807, 2.05) is 0 Å². The topological polar surface area (TPSA) is 71.4 Å². The van der Waals surface area contributed by atoms with E-state index >= 15 is 0 Å². The van der Waals surface area contributed by atoms with Crippen LogP contribution in [0, 0.1) is 0 Å². The van der Waals surface area contributed by atoms with Crippen molar-refractivity contribution in [2.45, 2.75) is 24.2 Å². The molecule has 1 unspecified atom stereocenters. The number of hydrogen-bond donors (Lipinski definition) is 1. The van der Waals surface area contributed by atoms with E-state index in [-0.39, 0.29) is 17.2 Å². The first-order chi connectivity index (χ1) is 7.32. The van der Waals surface area contributed by atoms with E-state index in [0.29, 0.717) is 5.56 Å². The summed E-state index contributed by atoms with van der Waals surface area (Å²) in [5, 5.41) is 8.69. The Morgan fingerprint density at radius 3 is 2.44 bits per heavy atom. The van der Waals surface area contributed by atoms with Gasteiger partial charge in [-0.25, -0.2) is 8.42 Å². The van der Waals surface area contributed by atoms with Crippen molar-refractivity contribution in [1.29, 1.82) is 0 Å². The zero-order chi connectivity index (χ0) is 12.3. The lowest BCUT2D eigenvalue weighted by Crippen LogP contribution is -2.08. The minimum atomic E-state index is -3.31. The third-order valence-electron chi connectivity index (χ3n) is 2.33. The maximum Gasteiger partial charge on any atom is 0.303 e. The lowest BCUT2D eigenvalue weighted by molar-refractivity contribution is -0.137. The Morgan fingerprint density at radius 1 is 1.38 bits per heavy atom. The van der Waals surface area contributed by atoms with Crippen LogP contribution >= 0.6 is 0 Å². The Balaban J connectivity index is 3.19. The molecule has 0 saturated carbocycles. The third kappa shape index (κ3) is 3.06. The average Bonchev–Trinajstić information content (AvgIpc) is 2.15. The third-order valence-corrected chi connectivity index (χ3v) is 3.50. The molecule has 0 aliphatic rings. The molecular weight excluding hydrogens is 228 g/mol. The van der Waals surface area contributed by atoms with Gasteiger partial charge in [0.2, 0.25) is 0 Å². The SMILES string of the molecule is CC(CC(=O)O)c1ccccc1S(C)(=O)=O. The molecule has 1 aromatic rings. The second-order valence-corrected chi connectivity index (χ2v) is 5.79. The average molecular weight is 242 g/mol. The quantitative estimate of drug-likeness (QED) is 0.871. The van der Waals surface area contributed by atoms with E-state index in [4.69, 9.17) is 5.11 Å². The summed E-state index contributed by atoms with van der Waals surface area (Å²) in [4.78, 5) is 10.8. The van der Waals surface area contributed by atoms with Gasteiger partial charge in [-0.15, -0.1) is 0 Å². The zero-order valence-electron chi connectivity index (χ0n) is 9.17. The maximum absolute atomic E-state index is 11.5. The summed E-state index contributed by atoms with van der Waals surface area (Å²) in [5.74, 6) is -1.25. The van der Waals surface area contributed by atoms with Crippen LogP contribution in [0.3, 0.4) is 0 Å². The second-order valence-electron chi connectivity index (χ2n) is 3.81. The van der Waals surface area contributed by atoms with Gasteiger partial charge in [0.15, 0.2) is 9.84 Å². The molecule has 0 saturated heterocycles. The lowest BCUT2D eigenvalue weighted by Gasteiger charge is -2.13. The van der Waals surface area contributed by atoms with Gasteiger partial charge < -0.3 is 5.11 Å². The molecule has 5 heteroatoms. The lowest BCUT2D eigenvalue weighted by atomic mass is 9.98. The number of benzene rings is 1. The van der Waals surface area contributed by atoms with Crippen LogP contribution in [0.1, 0.15) is 24.8 Å². The van der Waals surface area contributed by atoms with Crippen LogP contribution in [0.4, 0.5) is 0 Å². The fraction of sp³-hybridized carbons (Fsp3) is 0.364. The Hall–Kier alpha value is -1.36. The van der Waals surface area contributed by atoms with Crippen molar-refractivity contribution in [2.75, 3.05) is 6.26 Å². The Labute approximate surface area is 94.8 Å². The van der Waals surface area contributed by atoms with E-state index in [9.17, 15) is 13.2 Å². The van der Waals surface area contributed by atoms with E-state index in [2.05, 4.69) is 0 Å².